The van der Waals surface area contributed by atoms with E-state index in [4.69, 9.17) is 10.2 Å². The van der Waals surface area contributed by atoms with E-state index in [1.165, 1.54) is 11.0 Å². The average molecular weight is 239 g/mol. The Morgan fingerprint density at radius 1 is 1.47 bits per heavy atom. The molecule has 0 aromatic carbocycles. The summed E-state index contributed by atoms with van der Waals surface area (Å²) in [6, 6.07) is 3.17. The molecule has 0 unspecified atom stereocenters. The van der Waals surface area contributed by atoms with Gasteiger partial charge in [-0.1, -0.05) is 0 Å². The first-order valence-corrected chi connectivity index (χ1v) is 5.39. The number of nitrogens with one attached hydrogen (secondary N) is 1. The number of furan rings is 1. The van der Waals surface area contributed by atoms with Gasteiger partial charge in [0.05, 0.1) is 13.1 Å². The molecule has 1 aromatic rings. The van der Waals surface area contributed by atoms with Gasteiger partial charge in [0.25, 0.3) is 5.91 Å². The third-order valence-electron chi connectivity index (χ3n) is 2.39. The minimum absolute atomic E-state index is 0.0398. The molecule has 0 aliphatic carbocycles. The van der Waals surface area contributed by atoms with Gasteiger partial charge in [0, 0.05) is 13.6 Å². The molecule has 6 heteroatoms. The fourth-order valence-electron chi connectivity index (χ4n) is 1.16. The lowest BCUT2D eigenvalue weighted by Crippen LogP contribution is -2.37. The highest BCUT2D eigenvalue weighted by Gasteiger charge is 2.13. The summed E-state index contributed by atoms with van der Waals surface area (Å²) in [5, 5.41) is 2.49. The Labute approximate surface area is 99.8 Å². The Morgan fingerprint density at radius 2 is 2.18 bits per heavy atom. The van der Waals surface area contributed by atoms with E-state index < -0.39 is 5.91 Å². The number of nitrogens with zero attached hydrogens (tertiary/aromatic N) is 1. The maximum absolute atomic E-state index is 11.6. The van der Waals surface area contributed by atoms with Gasteiger partial charge in [-0.05, 0) is 19.1 Å². The van der Waals surface area contributed by atoms with E-state index in [9.17, 15) is 9.59 Å². The van der Waals surface area contributed by atoms with Crippen molar-refractivity contribution in [3.8, 4) is 0 Å². The number of rotatable bonds is 5. The summed E-state index contributed by atoms with van der Waals surface area (Å²) in [5.41, 5.74) is 5.36. The van der Waals surface area contributed by atoms with Crippen LogP contribution in [0, 0.1) is 0 Å². The Bertz CT molecular complexity index is 400. The lowest BCUT2D eigenvalue weighted by Gasteiger charge is -2.14. The van der Waals surface area contributed by atoms with E-state index in [-0.39, 0.29) is 24.8 Å². The Hall–Kier alpha value is -1.82. The van der Waals surface area contributed by atoms with Crippen LogP contribution in [0.1, 0.15) is 23.2 Å². The molecule has 3 N–H and O–H groups in total. The highest BCUT2D eigenvalue weighted by molar-refractivity contribution is 5.94. The molecule has 0 atom stereocenters. The van der Waals surface area contributed by atoms with Crippen LogP contribution >= 0.6 is 0 Å². The van der Waals surface area contributed by atoms with Gasteiger partial charge in [0.15, 0.2) is 5.76 Å². The first kappa shape index (κ1) is 13.2. The third kappa shape index (κ3) is 3.60. The second-order valence-corrected chi connectivity index (χ2v) is 3.56. The van der Waals surface area contributed by atoms with E-state index in [0.29, 0.717) is 12.3 Å². The number of carbonyl (C=O) groups is 2. The molecule has 2 amide bonds. The van der Waals surface area contributed by atoms with Gasteiger partial charge in [-0.15, -0.1) is 0 Å². The first-order chi connectivity index (χ1) is 8.08. The van der Waals surface area contributed by atoms with Crippen LogP contribution in [0.25, 0.3) is 0 Å². The molecule has 0 aliphatic rings. The summed E-state index contributed by atoms with van der Waals surface area (Å²) in [7, 11) is 1.67. The molecule has 0 saturated heterocycles. The number of nitrogens with two attached hydrogens (primary N) is 1. The van der Waals surface area contributed by atoms with Crippen LogP contribution < -0.4 is 11.1 Å². The molecule has 0 bridgehead atoms. The van der Waals surface area contributed by atoms with Crippen molar-refractivity contribution in [1.29, 1.82) is 0 Å². The van der Waals surface area contributed by atoms with Crippen LogP contribution in [0.4, 0.5) is 0 Å². The molecule has 0 fully saturated rings. The van der Waals surface area contributed by atoms with Gasteiger partial charge < -0.3 is 20.4 Å². The van der Waals surface area contributed by atoms with E-state index in [1.807, 2.05) is 6.92 Å². The molecular weight excluding hydrogens is 222 g/mol. The average Bonchev–Trinajstić information content (AvgIpc) is 2.83. The summed E-state index contributed by atoms with van der Waals surface area (Å²) >= 11 is 0. The van der Waals surface area contributed by atoms with Crippen LogP contribution in [-0.4, -0.2) is 36.9 Å². The molecule has 0 radical (unpaired) electrons. The van der Waals surface area contributed by atoms with Crippen molar-refractivity contribution in [3.05, 3.63) is 23.7 Å². The number of likely N-dealkylation sites (N-methyl/N-ethyl adjacent to an activating group) is 1. The van der Waals surface area contributed by atoms with E-state index >= 15 is 0 Å². The van der Waals surface area contributed by atoms with E-state index in [1.54, 1.807) is 13.1 Å². The minimum Gasteiger partial charge on any atom is -0.455 e. The van der Waals surface area contributed by atoms with Crippen LogP contribution in [0.3, 0.4) is 0 Å². The molecule has 94 valence electrons. The minimum atomic E-state index is -0.414. The highest BCUT2D eigenvalue weighted by Crippen LogP contribution is 2.06. The summed E-state index contributed by atoms with van der Waals surface area (Å²) < 4.78 is 5.15. The monoisotopic (exact) mass is 239 g/mol. The molecular formula is C11H17N3O3. The molecule has 1 aromatic heterocycles. The maximum atomic E-state index is 11.6. The number of hydrogen-bond acceptors (Lipinski definition) is 4. The molecule has 6 nitrogen and oxygen atoms in total. The van der Waals surface area contributed by atoms with Crippen molar-refractivity contribution in [3.63, 3.8) is 0 Å². The quantitative estimate of drug-likeness (QED) is 0.753. The van der Waals surface area contributed by atoms with Gasteiger partial charge in [0.1, 0.15) is 5.76 Å². The predicted octanol–water partition coefficient (Wildman–Crippen LogP) is -0.0536. The van der Waals surface area contributed by atoms with Crippen molar-refractivity contribution in [2.24, 2.45) is 5.73 Å². The first-order valence-electron chi connectivity index (χ1n) is 5.39. The third-order valence-corrected chi connectivity index (χ3v) is 2.39. The summed E-state index contributed by atoms with van der Waals surface area (Å²) in [4.78, 5) is 24.5. The number of carbonyl (C=O) groups excluding carboxylic acids is 2. The van der Waals surface area contributed by atoms with Crippen molar-refractivity contribution in [2.75, 3.05) is 20.1 Å². The lowest BCUT2D eigenvalue weighted by molar-refractivity contribution is -0.128. The summed E-state index contributed by atoms with van der Waals surface area (Å²) in [6.45, 7) is 2.67. The van der Waals surface area contributed by atoms with Crippen LogP contribution in [0.15, 0.2) is 16.5 Å². The van der Waals surface area contributed by atoms with Gasteiger partial charge in [-0.3, -0.25) is 9.59 Å². The predicted molar refractivity (Wildman–Crippen MR) is 62.2 cm³/mol. The molecule has 0 spiro atoms. The topological polar surface area (TPSA) is 88.6 Å². The van der Waals surface area contributed by atoms with Gasteiger partial charge in [-0.2, -0.15) is 0 Å². The van der Waals surface area contributed by atoms with Crippen LogP contribution in [0.5, 0.6) is 0 Å². The largest absolute Gasteiger partial charge is 0.455 e. The zero-order valence-electron chi connectivity index (χ0n) is 10.0. The molecule has 1 rings (SSSR count). The van der Waals surface area contributed by atoms with Crippen molar-refractivity contribution in [2.45, 2.75) is 13.5 Å². The smallest absolute Gasteiger partial charge is 0.287 e. The van der Waals surface area contributed by atoms with Crippen molar-refractivity contribution < 1.29 is 14.0 Å². The number of amides is 2. The number of hydrogen-bond donors (Lipinski definition) is 2. The lowest BCUT2D eigenvalue weighted by atomic mass is 10.4. The van der Waals surface area contributed by atoms with E-state index in [0.717, 1.165) is 0 Å². The summed E-state index contributed by atoms with van der Waals surface area (Å²) in [6.07, 6.45) is 0. The fourth-order valence-corrected chi connectivity index (χ4v) is 1.16. The maximum Gasteiger partial charge on any atom is 0.287 e. The molecule has 1 heterocycles. The fraction of sp³-hybridized carbons (Fsp3) is 0.455. The SMILES string of the molecule is CCN(C)C(=O)CNC(=O)c1ccc(CN)o1. The second kappa shape index (κ2) is 6.05. The zero-order chi connectivity index (χ0) is 12.8. The molecule has 0 aliphatic heterocycles. The van der Waals surface area contributed by atoms with Crippen molar-refractivity contribution in [1.82, 2.24) is 10.2 Å². The van der Waals surface area contributed by atoms with Crippen molar-refractivity contribution >= 4 is 11.8 Å². The molecule has 0 saturated carbocycles. The zero-order valence-corrected chi connectivity index (χ0v) is 10.0. The summed E-state index contributed by atoms with van der Waals surface area (Å²) in [5.74, 6) is 0.138. The van der Waals surface area contributed by atoms with Gasteiger partial charge in [-0.25, -0.2) is 0 Å². The Kier molecular flexibility index (Phi) is 4.71. The second-order valence-electron chi connectivity index (χ2n) is 3.56. The standard InChI is InChI=1S/C11H17N3O3/c1-3-14(2)10(15)7-13-11(16)9-5-4-8(6-12)17-9/h4-5H,3,6-7,12H2,1-2H3,(H,13,16). The van der Waals surface area contributed by atoms with Gasteiger partial charge >= 0.3 is 0 Å². The highest BCUT2D eigenvalue weighted by atomic mass is 16.4. The normalized spacial score (nSPS) is 10.1. The van der Waals surface area contributed by atoms with E-state index in [2.05, 4.69) is 5.32 Å². The Morgan fingerprint density at radius 3 is 2.71 bits per heavy atom. The van der Waals surface area contributed by atoms with Gasteiger partial charge in [0.2, 0.25) is 5.91 Å². The molecule has 17 heavy (non-hydrogen) atoms. The Balaban J connectivity index is 2.47. The van der Waals surface area contributed by atoms with Crippen LogP contribution in [-0.2, 0) is 11.3 Å². The van der Waals surface area contributed by atoms with Crippen LogP contribution in [0.2, 0.25) is 0 Å².